The first-order valence-corrected chi connectivity index (χ1v) is 9.44. The van der Waals surface area contributed by atoms with Crippen LogP contribution in [0.15, 0.2) is 47.8 Å². The van der Waals surface area contributed by atoms with Crippen molar-refractivity contribution in [2.45, 2.75) is 12.3 Å². The number of benzene rings is 1. The number of carbonyl (C=O) groups is 2. The van der Waals surface area contributed by atoms with E-state index in [0.29, 0.717) is 23.0 Å². The Hall–Kier alpha value is -2.58. The van der Waals surface area contributed by atoms with Gasteiger partial charge in [0.15, 0.2) is 0 Å². The van der Waals surface area contributed by atoms with Crippen LogP contribution >= 0.6 is 22.7 Å². The molecule has 0 bridgehead atoms. The highest BCUT2D eigenvalue weighted by Crippen LogP contribution is 2.34. The summed E-state index contributed by atoms with van der Waals surface area (Å²) >= 11 is 2.70. The molecule has 4 rings (SSSR count). The van der Waals surface area contributed by atoms with E-state index in [1.54, 1.807) is 11.0 Å². The number of para-hydroxylation sites is 1. The maximum absolute atomic E-state index is 12.3. The Morgan fingerprint density at radius 2 is 2.00 bits per heavy atom. The van der Waals surface area contributed by atoms with E-state index in [1.807, 2.05) is 41.8 Å². The monoisotopic (exact) mass is 370 g/mol. The second kappa shape index (κ2) is 6.73. The molecule has 6 nitrogen and oxygen atoms in total. The molecule has 1 N–H and O–H groups in total. The maximum atomic E-state index is 12.3. The third-order valence-corrected chi connectivity index (χ3v) is 5.82. The fourth-order valence-electron chi connectivity index (χ4n) is 2.75. The molecular weight excluding hydrogens is 356 g/mol. The van der Waals surface area contributed by atoms with Crippen LogP contribution in [-0.4, -0.2) is 28.6 Å². The molecule has 1 aromatic carbocycles. The van der Waals surface area contributed by atoms with Gasteiger partial charge in [-0.15, -0.1) is 21.5 Å². The van der Waals surface area contributed by atoms with Gasteiger partial charge in [0.2, 0.25) is 11.0 Å². The highest BCUT2D eigenvalue weighted by molar-refractivity contribution is 7.15. The topological polar surface area (TPSA) is 75.2 Å². The number of hydrogen-bond acceptors (Lipinski definition) is 6. The molecular formula is C17H14N4O2S2. The van der Waals surface area contributed by atoms with Gasteiger partial charge in [0.05, 0.1) is 4.88 Å². The first-order valence-electron chi connectivity index (χ1n) is 7.74. The Balaban J connectivity index is 1.46. The molecule has 1 aliphatic heterocycles. The number of amides is 2. The molecule has 3 aromatic rings. The molecule has 126 valence electrons. The molecule has 0 unspecified atom stereocenters. The minimum atomic E-state index is -0.189. The van der Waals surface area contributed by atoms with Gasteiger partial charge in [-0.2, -0.15) is 0 Å². The lowest BCUT2D eigenvalue weighted by molar-refractivity contribution is -0.117. The summed E-state index contributed by atoms with van der Waals surface area (Å²) in [5.74, 6) is -0.112. The third kappa shape index (κ3) is 3.31. The largest absolute Gasteiger partial charge is 0.312 e. The number of hydrogen-bond donors (Lipinski definition) is 1. The van der Waals surface area contributed by atoms with Crippen molar-refractivity contribution in [2.75, 3.05) is 16.8 Å². The predicted octanol–water partition coefficient (Wildman–Crippen LogP) is 3.37. The SMILES string of the molecule is O=C(Nc1nnc([C@H]2CC(=O)N(c3ccccc3)C2)s1)c1cccs1. The number of nitrogens with one attached hydrogen (secondary N) is 1. The zero-order chi connectivity index (χ0) is 17.2. The van der Waals surface area contributed by atoms with Crippen molar-refractivity contribution >= 4 is 45.3 Å². The lowest BCUT2D eigenvalue weighted by atomic mass is 10.1. The molecule has 0 spiro atoms. The first-order chi connectivity index (χ1) is 12.2. The van der Waals surface area contributed by atoms with Crippen LogP contribution in [0, 0.1) is 0 Å². The summed E-state index contributed by atoms with van der Waals surface area (Å²) in [5.41, 5.74) is 0.894. The van der Waals surface area contributed by atoms with Gasteiger partial charge in [-0.05, 0) is 23.6 Å². The molecule has 25 heavy (non-hydrogen) atoms. The molecule has 3 heterocycles. The van der Waals surface area contributed by atoms with Gasteiger partial charge in [-0.3, -0.25) is 14.9 Å². The Morgan fingerprint density at radius 3 is 2.76 bits per heavy atom. The molecule has 2 aromatic heterocycles. The first kappa shape index (κ1) is 15.9. The van der Waals surface area contributed by atoms with E-state index in [0.717, 1.165) is 10.7 Å². The van der Waals surface area contributed by atoms with Gasteiger partial charge >= 0.3 is 0 Å². The number of anilines is 2. The smallest absolute Gasteiger partial charge is 0.267 e. The summed E-state index contributed by atoms with van der Waals surface area (Å²) < 4.78 is 0. The van der Waals surface area contributed by atoms with E-state index in [2.05, 4.69) is 15.5 Å². The highest BCUT2D eigenvalue weighted by Gasteiger charge is 2.33. The van der Waals surface area contributed by atoms with Crippen LogP contribution in [0.5, 0.6) is 0 Å². The van der Waals surface area contributed by atoms with Crippen molar-refractivity contribution in [3.63, 3.8) is 0 Å². The van der Waals surface area contributed by atoms with Crippen LogP contribution in [0.3, 0.4) is 0 Å². The van der Waals surface area contributed by atoms with Crippen molar-refractivity contribution < 1.29 is 9.59 Å². The molecule has 1 saturated heterocycles. The normalized spacial score (nSPS) is 17.0. The van der Waals surface area contributed by atoms with Crippen LogP contribution in [-0.2, 0) is 4.79 Å². The van der Waals surface area contributed by atoms with Crippen molar-refractivity contribution in [2.24, 2.45) is 0 Å². The highest BCUT2D eigenvalue weighted by atomic mass is 32.1. The van der Waals surface area contributed by atoms with Crippen molar-refractivity contribution in [3.8, 4) is 0 Å². The lowest BCUT2D eigenvalue weighted by Crippen LogP contribution is -2.24. The average Bonchev–Trinajstić information content (AvgIpc) is 3.36. The van der Waals surface area contributed by atoms with Gasteiger partial charge in [-0.1, -0.05) is 35.6 Å². The van der Waals surface area contributed by atoms with Crippen LogP contribution in [0.1, 0.15) is 27.0 Å². The van der Waals surface area contributed by atoms with Gasteiger partial charge in [0.1, 0.15) is 5.01 Å². The Kier molecular flexibility index (Phi) is 4.29. The third-order valence-electron chi connectivity index (χ3n) is 3.95. The molecule has 1 fully saturated rings. The summed E-state index contributed by atoms with van der Waals surface area (Å²) in [6.07, 6.45) is 0.405. The Morgan fingerprint density at radius 1 is 1.16 bits per heavy atom. The maximum Gasteiger partial charge on any atom is 0.267 e. The molecule has 8 heteroatoms. The molecule has 1 aliphatic rings. The number of thiophene rings is 1. The fourth-order valence-corrected chi connectivity index (χ4v) is 4.20. The summed E-state index contributed by atoms with van der Waals surface area (Å²) in [4.78, 5) is 26.8. The van der Waals surface area contributed by atoms with E-state index in [-0.39, 0.29) is 17.7 Å². The summed E-state index contributed by atoms with van der Waals surface area (Å²) in [6.45, 7) is 0.580. The zero-order valence-corrected chi connectivity index (χ0v) is 14.7. The molecule has 0 saturated carbocycles. The van der Waals surface area contributed by atoms with E-state index in [9.17, 15) is 9.59 Å². The molecule has 1 atom stereocenters. The second-order valence-electron chi connectivity index (χ2n) is 5.62. The quantitative estimate of drug-likeness (QED) is 0.764. The van der Waals surface area contributed by atoms with Crippen molar-refractivity contribution in [3.05, 3.63) is 57.7 Å². The van der Waals surface area contributed by atoms with Crippen LogP contribution in [0.25, 0.3) is 0 Å². The van der Waals surface area contributed by atoms with E-state index in [1.165, 1.54) is 22.7 Å². The Bertz CT molecular complexity index is 893. The van der Waals surface area contributed by atoms with E-state index < -0.39 is 0 Å². The predicted molar refractivity (Wildman–Crippen MR) is 98.3 cm³/mol. The van der Waals surface area contributed by atoms with Crippen LogP contribution < -0.4 is 10.2 Å². The van der Waals surface area contributed by atoms with Crippen LogP contribution in [0.2, 0.25) is 0 Å². The molecule has 0 radical (unpaired) electrons. The minimum Gasteiger partial charge on any atom is -0.312 e. The van der Waals surface area contributed by atoms with Crippen molar-refractivity contribution in [1.82, 2.24) is 10.2 Å². The molecule has 0 aliphatic carbocycles. The number of nitrogens with zero attached hydrogens (tertiary/aromatic N) is 3. The van der Waals surface area contributed by atoms with Gasteiger partial charge in [-0.25, -0.2) is 0 Å². The molecule has 2 amide bonds. The summed E-state index contributed by atoms with van der Waals surface area (Å²) in [5, 5.41) is 14.1. The van der Waals surface area contributed by atoms with Gasteiger partial charge in [0, 0.05) is 24.6 Å². The van der Waals surface area contributed by atoms with Crippen molar-refractivity contribution in [1.29, 1.82) is 0 Å². The lowest BCUT2D eigenvalue weighted by Gasteiger charge is -2.15. The van der Waals surface area contributed by atoms with Gasteiger partial charge < -0.3 is 4.90 Å². The number of carbonyl (C=O) groups excluding carboxylic acids is 2. The average molecular weight is 370 g/mol. The summed E-state index contributed by atoms with van der Waals surface area (Å²) in [6, 6.07) is 13.2. The second-order valence-corrected chi connectivity index (χ2v) is 7.57. The summed E-state index contributed by atoms with van der Waals surface area (Å²) in [7, 11) is 0. The minimum absolute atomic E-state index is 0.00223. The van der Waals surface area contributed by atoms with Crippen LogP contribution in [0.4, 0.5) is 10.8 Å². The zero-order valence-electron chi connectivity index (χ0n) is 13.1. The van der Waals surface area contributed by atoms with E-state index >= 15 is 0 Å². The fraction of sp³-hybridized carbons (Fsp3) is 0.176. The van der Waals surface area contributed by atoms with E-state index in [4.69, 9.17) is 0 Å². The van der Waals surface area contributed by atoms with Gasteiger partial charge in [0.25, 0.3) is 5.91 Å². The number of aromatic nitrogens is 2. The Labute approximate surface area is 152 Å². The number of rotatable bonds is 4. The standard InChI is InChI=1S/C17H14N4O2S2/c22-14-9-11(10-21(14)12-5-2-1-3-6-12)16-19-20-17(25-16)18-15(23)13-7-4-8-24-13/h1-8,11H,9-10H2,(H,18,20,23)/t11-/m0/s1.